The van der Waals surface area contributed by atoms with Crippen molar-refractivity contribution in [2.24, 2.45) is 0 Å². The second-order valence-electron chi connectivity index (χ2n) is 5.93. The molecule has 1 saturated heterocycles. The van der Waals surface area contributed by atoms with Crippen molar-refractivity contribution >= 4 is 23.5 Å². The first kappa shape index (κ1) is 17.5. The molecule has 0 radical (unpaired) electrons. The molecule has 3 rings (SSSR count). The Morgan fingerprint density at radius 1 is 1.31 bits per heavy atom. The Kier molecular flexibility index (Phi) is 5.21. The number of nitrogens with zero attached hydrogens (tertiary/aromatic N) is 1. The first-order valence-electron chi connectivity index (χ1n) is 8.31. The maximum atomic E-state index is 12.4. The molecule has 0 spiro atoms. The van der Waals surface area contributed by atoms with E-state index in [-0.39, 0.29) is 24.4 Å². The van der Waals surface area contributed by atoms with Gasteiger partial charge in [-0.15, -0.1) is 0 Å². The van der Waals surface area contributed by atoms with Crippen LogP contribution in [0, 0.1) is 0 Å². The molecule has 2 heterocycles. The maximum absolute atomic E-state index is 12.4. The molecule has 1 unspecified atom stereocenters. The molecule has 1 aromatic heterocycles. The molecule has 1 atom stereocenters. The highest BCUT2D eigenvalue weighted by Crippen LogP contribution is 2.18. The van der Waals surface area contributed by atoms with Gasteiger partial charge >= 0.3 is 6.03 Å². The minimum atomic E-state index is -0.712. The zero-order valence-corrected chi connectivity index (χ0v) is 14.3. The first-order valence-corrected chi connectivity index (χ1v) is 8.31. The minimum Gasteiger partial charge on any atom is -0.467 e. The summed E-state index contributed by atoms with van der Waals surface area (Å²) in [5.41, 5.74) is 1.02. The van der Waals surface area contributed by atoms with Crippen LogP contribution in [0.2, 0.25) is 0 Å². The molecular formula is C18H20N4O4. The largest absolute Gasteiger partial charge is 0.467 e. The van der Waals surface area contributed by atoms with E-state index < -0.39 is 6.04 Å². The lowest BCUT2D eigenvalue weighted by Gasteiger charge is -2.16. The Morgan fingerprint density at radius 3 is 2.85 bits per heavy atom. The third-order valence-electron chi connectivity index (χ3n) is 4.03. The average molecular weight is 356 g/mol. The van der Waals surface area contributed by atoms with Crippen molar-refractivity contribution in [3.05, 3.63) is 54.0 Å². The number of nitrogens with one attached hydrogen (secondary N) is 3. The number of carbonyl (C=O) groups excluding carboxylic acids is 3. The summed E-state index contributed by atoms with van der Waals surface area (Å²) in [6, 6.07) is 9.33. The van der Waals surface area contributed by atoms with Gasteiger partial charge in [0, 0.05) is 24.3 Å². The zero-order valence-electron chi connectivity index (χ0n) is 14.3. The second kappa shape index (κ2) is 7.73. The number of amides is 4. The zero-order chi connectivity index (χ0) is 18.5. The van der Waals surface area contributed by atoms with Crippen LogP contribution in [-0.2, 0) is 11.3 Å². The van der Waals surface area contributed by atoms with Crippen LogP contribution in [0.3, 0.4) is 0 Å². The van der Waals surface area contributed by atoms with Gasteiger partial charge in [-0.05, 0) is 37.3 Å². The predicted octanol–water partition coefficient (Wildman–Crippen LogP) is 1.24. The predicted molar refractivity (Wildman–Crippen MR) is 94.7 cm³/mol. The molecular weight excluding hydrogens is 336 g/mol. The molecule has 136 valence electrons. The minimum absolute atomic E-state index is 0.187. The number of rotatable bonds is 6. The fourth-order valence-electron chi connectivity index (χ4n) is 2.62. The van der Waals surface area contributed by atoms with Crippen LogP contribution in [0.1, 0.15) is 23.0 Å². The summed E-state index contributed by atoms with van der Waals surface area (Å²) < 4.78 is 5.15. The monoisotopic (exact) mass is 356 g/mol. The van der Waals surface area contributed by atoms with Crippen molar-refractivity contribution in [2.75, 3.05) is 18.0 Å². The molecule has 2 aromatic rings. The summed E-state index contributed by atoms with van der Waals surface area (Å²) in [6.07, 6.45) is 1.53. The van der Waals surface area contributed by atoms with Gasteiger partial charge in [-0.2, -0.15) is 0 Å². The maximum Gasteiger partial charge on any atom is 0.321 e. The summed E-state index contributed by atoms with van der Waals surface area (Å²) in [5.74, 6) is -0.0644. The van der Waals surface area contributed by atoms with E-state index in [1.54, 1.807) is 48.2 Å². The van der Waals surface area contributed by atoms with E-state index >= 15 is 0 Å². The summed E-state index contributed by atoms with van der Waals surface area (Å²) in [4.78, 5) is 37.8. The van der Waals surface area contributed by atoms with E-state index in [1.165, 1.54) is 6.26 Å². The number of benzene rings is 1. The van der Waals surface area contributed by atoms with E-state index in [2.05, 4.69) is 16.0 Å². The van der Waals surface area contributed by atoms with E-state index in [4.69, 9.17) is 4.42 Å². The van der Waals surface area contributed by atoms with Crippen molar-refractivity contribution in [1.82, 2.24) is 16.0 Å². The van der Waals surface area contributed by atoms with Crippen LogP contribution in [0.25, 0.3) is 0 Å². The lowest BCUT2D eigenvalue weighted by atomic mass is 10.1. The molecule has 0 aliphatic carbocycles. The van der Waals surface area contributed by atoms with Crippen LogP contribution in [0.5, 0.6) is 0 Å². The van der Waals surface area contributed by atoms with Crippen molar-refractivity contribution < 1.29 is 18.8 Å². The molecule has 1 aliphatic heterocycles. The number of urea groups is 1. The third-order valence-corrected chi connectivity index (χ3v) is 4.03. The van der Waals surface area contributed by atoms with Gasteiger partial charge in [0.2, 0.25) is 5.91 Å². The van der Waals surface area contributed by atoms with Gasteiger partial charge < -0.3 is 20.4 Å². The van der Waals surface area contributed by atoms with Crippen LogP contribution in [0.4, 0.5) is 10.5 Å². The molecule has 1 aliphatic rings. The van der Waals surface area contributed by atoms with Crippen LogP contribution in [-0.4, -0.2) is 37.0 Å². The Hall–Kier alpha value is -3.29. The standard InChI is InChI=1S/C18H20N4O4/c1-12(16(23)20-11-15-6-3-9-26-15)21-17(24)13-4-2-5-14(10-13)22-8-7-19-18(22)25/h2-6,9-10,12H,7-8,11H2,1H3,(H,19,25)(H,20,23)(H,21,24). The van der Waals surface area contributed by atoms with E-state index in [9.17, 15) is 14.4 Å². The van der Waals surface area contributed by atoms with Gasteiger partial charge in [0.15, 0.2) is 0 Å². The number of hydrogen-bond donors (Lipinski definition) is 3. The lowest BCUT2D eigenvalue weighted by molar-refractivity contribution is -0.122. The molecule has 1 aromatic carbocycles. The number of anilines is 1. The normalized spacial score (nSPS) is 14.7. The van der Waals surface area contributed by atoms with Gasteiger partial charge in [0.05, 0.1) is 12.8 Å². The topological polar surface area (TPSA) is 104 Å². The van der Waals surface area contributed by atoms with Crippen molar-refractivity contribution in [1.29, 1.82) is 0 Å². The molecule has 0 saturated carbocycles. The molecule has 8 heteroatoms. The van der Waals surface area contributed by atoms with Gasteiger partial charge in [0.1, 0.15) is 11.8 Å². The molecule has 8 nitrogen and oxygen atoms in total. The van der Waals surface area contributed by atoms with Gasteiger partial charge in [-0.1, -0.05) is 6.07 Å². The third kappa shape index (κ3) is 4.02. The second-order valence-corrected chi connectivity index (χ2v) is 5.93. The SMILES string of the molecule is CC(NC(=O)c1cccc(N2CCNC2=O)c1)C(=O)NCc1ccco1. The fourth-order valence-corrected chi connectivity index (χ4v) is 2.62. The number of furan rings is 1. The number of hydrogen-bond acceptors (Lipinski definition) is 4. The summed E-state index contributed by atoms with van der Waals surface area (Å²) in [7, 11) is 0. The Bertz CT molecular complexity index is 803. The van der Waals surface area contributed by atoms with Gasteiger partial charge in [-0.3, -0.25) is 14.5 Å². The highest BCUT2D eigenvalue weighted by Gasteiger charge is 2.22. The van der Waals surface area contributed by atoms with E-state index in [0.29, 0.717) is 30.1 Å². The quantitative estimate of drug-likeness (QED) is 0.724. The molecule has 1 fully saturated rings. The van der Waals surface area contributed by atoms with Crippen molar-refractivity contribution in [3.63, 3.8) is 0 Å². The van der Waals surface area contributed by atoms with Gasteiger partial charge in [-0.25, -0.2) is 4.79 Å². The number of carbonyl (C=O) groups is 3. The van der Waals surface area contributed by atoms with Gasteiger partial charge in [0.25, 0.3) is 5.91 Å². The van der Waals surface area contributed by atoms with Crippen molar-refractivity contribution in [2.45, 2.75) is 19.5 Å². The molecule has 0 bridgehead atoms. The fraction of sp³-hybridized carbons (Fsp3) is 0.278. The molecule has 4 amide bonds. The van der Waals surface area contributed by atoms with Crippen LogP contribution in [0.15, 0.2) is 47.1 Å². The smallest absolute Gasteiger partial charge is 0.321 e. The van der Waals surface area contributed by atoms with Crippen LogP contribution < -0.4 is 20.9 Å². The Labute approximate surface area is 150 Å². The van der Waals surface area contributed by atoms with E-state index in [1.807, 2.05) is 0 Å². The Morgan fingerprint density at radius 2 is 2.15 bits per heavy atom. The highest BCUT2D eigenvalue weighted by molar-refractivity contribution is 6.00. The summed E-state index contributed by atoms with van der Waals surface area (Å²) in [5, 5.41) is 8.06. The Balaban J connectivity index is 1.58. The summed E-state index contributed by atoms with van der Waals surface area (Å²) in [6.45, 7) is 2.98. The molecule has 3 N–H and O–H groups in total. The lowest BCUT2D eigenvalue weighted by Crippen LogP contribution is -2.44. The average Bonchev–Trinajstić information content (AvgIpc) is 3.31. The summed E-state index contributed by atoms with van der Waals surface area (Å²) >= 11 is 0. The van der Waals surface area contributed by atoms with Crippen molar-refractivity contribution in [3.8, 4) is 0 Å². The first-order chi connectivity index (χ1) is 12.5. The van der Waals surface area contributed by atoms with E-state index in [0.717, 1.165) is 0 Å². The molecule has 26 heavy (non-hydrogen) atoms. The highest BCUT2D eigenvalue weighted by atomic mass is 16.3. The van der Waals surface area contributed by atoms with Crippen LogP contribution >= 0.6 is 0 Å².